The molecule has 0 radical (unpaired) electrons. The van der Waals surface area contributed by atoms with Gasteiger partial charge in [-0.1, -0.05) is 12.1 Å². The van der Waals surface area contributed by atoms with Crippen molar-refractivity contribution in [2.75, 3.05) is 0 Å². The number of hydrogen-bond donors (Lipinski definition) is 1. The number of rotatable bonds is 5. The summed E-state index contributed by atoms with van der Waals surface area (Å²) in [5.41, 5.74) is 7.16. The minimum Gasteiger partial charge on any atom is -0.347 e. The van der Waals surface area contributed by atoms with Crippen molar-refractivity contribution in [3.8, 4) is 22.4 Å². The van der Waals surface area contributed by atoms with Crippen LogP contribution in [0.1, 0.15) is 42.4 Å². The van der Waals surface area contributed by atoms with Crippen molar-refractivity contribution in [1.82, 2.24) is 39.5 Å². The molecule has 0 atom stereocenters. The predicted molar refractivity (Wildman–Crippen MR) is 134 cm³/mol. The SMILES string of the molecule is Cc1cc(-c2ncnn3cc(-c4cnn(C)c4)cc23)ccc1CNC(=O)c1ccn(C(C)(C)C)n1. The van der Waals surface area contributed by atoms with E-state index in [4.69, 9.17) is 0 Å². The van der Waals surface area contributed by atoms with Crippen LogP contribution in [0.25, 0.3) is 27.9 Å². The summed E-state index contributed by atoms with van der Waals surface area (Å²) in [6.07, 6.45) is 9.19. The third-order valence-corrected chi connectivity index (χ3v) is 6.01. The maximum Gasteiger partial charge on any atom is 0.272 e. The largest absolute Gasteiger partial charge is 0.347 e. The molecular weight excluding hydrogens is 440 g/mol. The Morgan fingerprint density at radius 2 is 1.86 bits per heavy atom. The summed E-state index contributed by atoms with van der Waals surface area (Å²) in [7, 11) is 1.90. The first-order chi connectivity index (χ1) is 16.7. The average molecular weight is 469 g/mol. The third-order valence-electron chi connectivity index (χ3n) is 6.01. The number of amides is 1. The lowest BCUT2D eigenvalue weighted by Gasteiger charge is -2.18. The summed E-state index contributed by atoms with van der Waals surface area (Å²) in [4.78, 5) is 17.2. The van der Waals surface area contributed by atoms with Crippen LogP contribution in [0.5, 0.6) is 0 Å². The molecule has 4 heterocycles. The highest BCUT2D eigenvalue weighted by Crippen LogP contribution is 2.28. The van der Waals surface area contributed by atoms with Gasteiger partial charge in [-0.25, -0.2) is 9.50 Å². The van der Waals surface area contributed by atoms with Crippen molar-refractivity contribution in [2.45, 2.75) is 39.8 Å². The molecule has 0 aliphatic heterocycles. The normalized spacial score (nSPS) is 11.8. The second kappa shape index (κ2) is 8.50. The van der Waals surface area contributed by atoms with E-state index >= 15 is 0 Å². The Morgan fingerprint density at radius 3 is 2.54 bits per heavy atom. The zero-order valence-electron chi connectivity index (χ0n) is 20.5. The van der Waals surface area contributed by atoms with Crippen LogP contribution in [0.2, 0.25) is 0 Å². The van der Waals surface area contributed by atoms with Crippen LogP contribution in [-0.2, 0) is 19.1 Å². The molecule has 9 nitrogen and oxygen atoms in total. The number of aromatic nitrogens is 7. The van der Waals surface area contributed by atoms with Crippen LogP contribution in [0.3, 0.4) is 0 Å². The van der Waals surface area contributed by atoms with Gasteiger partial charge >= 0.3 is 0 Å². The number of aryl methyl sites for hydroxylation is 2. The fourth-order valence-corrected chi connectivity index (χ4v) is 4.01. The molecule has 35 heavy (non-hydrogen) atoms. The topological polar surface area (TPSA) is 94.9 Å². The first kappa shape index (κ1) is 22.5. The van der Waals surface area contributed by atoms with E-state index in [0.29, 0.717) is 12.2 Å². The summed E-state index contributed by atoms with van der Waals surface area (Å²) in [5, 5.41) is 16.0. The standard InChI is InChI=1S/C26H28N8O/c1-17-10-18(6-7-19(17)12-27-25(35)22-8-9-34(31-22)26(2,3)4)24-23-11-20(15-33(23)30-16-28-24)21-13-29-32(5)14-21/h6-11,13-16H,12H2,1-5H3,(H,27,35). The van der Waals surface area contributed by atoms with Gasteiger partial charge in [-0.05, 0) is 57.0 Å². The summed E-state index contributed by atoms with van der Waals surface area (Å²) in [6, 6.07) is 9.97. The maximum absolute atomic E-state index is 12.6. The quantitative estimate of drug-likeness (QED) is 0.421. The highest BCUT2D eigenvalue weighted by atomic mass is 16.1. The molecule has 0 saturated heterocycles. The Balaban J connectivity index is 1.36. The second-order valence-corrected chi connectivity index (χ2v) is 9.71. The molecule has 4 aromatic heterocycles. The second-order valence-electron chi connectivity index (χ2n) is 9.71. The van der Waals surface area contributed by atoms with E-state index < -0.39 is 0 Å². The lowest BCUT2D eigenvalue weighted by atomic mass is 10.0. The van der Waals surface area contributed by atoms with Crippen molar-refractivity contribution >= 4 is 11.4 Å². The Hall–Kier alpha value is -4.27. The number of benzene rings is 1. The van der Waals surface area contributed by atoms with Crippen LogP contribution in [0.4, 0.5) is 0 Å². The van der Waals surface area contributed by atoms with Crippen LogP contribution in [0.15, 0.2) is 61.4 Å². The first-order valence-electron chi connectivity index (χ1n) is 11.5. The van der Waals surface area contributed by atoms with Gasteiger partial charge in [-0.3, -0.25) is 14.2 Å². The van der Waals surface area contributed by atoms with Gasteiger partial charge in [0.2, 0.25) is 0 Å². The van der Waals surface area contributed by atoms with Gasteiger partial charge in [0.1, 0.15) is 12.0 Å². The van der Waals surface area contributed by atoms with Gasteiger partial charge in [0.05, 0.1) is 22.9 Å². The molecule has 0 unspecified atom stereocenters. The Bertz CT molecular complexity index is 1530. The summed E-state index contributed by atoms with van der Waals surface area (Å²) in [6.45, 7) is 8.60. The molecule has 0 aliphatic rings. The minimum absolute atomic E-state index is 0.171. The molecule has 0 spiro atoms. The van der Waals surface area contributed by atoms with E-state index in [2.05, 4.69) is 37.7 Å². The monoisotopic (exact) mass is 468 g/mol. The zero-order valence-corrected chi connectivity index (χ0v) is 20.5. The molecule has 1 amide bonds. The molecular formula is C26H28N8O. The Morgan fingerprint density at radius 1 is 1.03 bits per heavy atom. The van der Waals surface area contributed by atoms with Crippen molar-refractivity contribution in [3.63, 3.8) is 0 Å². The minimum atomic E-state index is -0.190. The first-order valence-corrected chi connectivity index (χ1v) is 11.5. The molecule has 0 aliphatic carbocycles. The van der Waals surface area contributed by atoms with Gasteiger partial charge in [0.15, 0.2) is 0 Å². The van der Waals surface area contributed by atoms with Crippen molar-refractivity contribution < 1.29 is 4.79 Å². The van der Waals surface area contributed by atoms with E-state index in [1.807, 2.05) is 76.2 Å². The molecule has 1 N–H and O–H groups in total. The number of carbonyl (C=O) groups is 1. The molecule has 5 aromatic rings. The van der Waals surface area contributed by atoms with Crippen molar-refractivity contribution in [2.24, 2.45) is 7.05 Å². The molecule has 1 aromatic carbocycles. The number of carbonyl (C=O) groups excluding carboxylic acids is 1. The van der Waals surface area contributed by atoms with Crippen LogP contribution in [0, 0.1) is 6.92 Å². The number of hydrogen-bond acceptors (Lipinski definition) is 5. The molecule has 178 valence electrons. The summed E-state index contributed by atoms with van der Waals surface area (Å²) >= 11 is 0. The smallest absolute Gasteiger partial charge is 0.272 e. The summed E-state index contributed by atoms with van der Waals surface area (Å²) in [5.74, 6) is -0.190. The highest BCUT2D eigenvalue weighted by molar-refractivity contribution is 5.92. The van der Waals surface area contributed by atoms with Crippen LogP contribution >= 0.6 is 0 Å². The fraction of sp³-hybridized carbons (Fsp3) is 0.269. The molecule has 5 rings (SSSR count). The highest BCUT2D eigenvalue weighted by Gasteiger charge is 2.17. The van der Waals surface area contributed by atoms with Crippen molar-refractivity contribution in [1.29, 1.82) is 0 Å². The van der Waals surface area contributed by atoms with E-state index in [0.717, 1.165) is 39.0 Å². The molecule has 0 bridgehead atoms. The number of nitrogens with one attached hydrogen (secondary N) is 1. The van der Waals surface area contributed by atoms with Crippen LogP contribution in [-0.4, -0.2) is 40.1 Å². The van der Waals surface area contributed by atoms with Crippen molar-refractivity contribution in [3.05, 3.63) is 78.3 Å². The third kappa shape index (κ3) is 4.44. The maximum atomic E-state index is 12.6. The van der Waals surface area contributed by atoms with Gasteiger partial charge in [-0.15, -0.1) is 0 Å². The van der Waals surface area contributed by atoms with E-state index in [1.165, 1.54) is 0 Å². The number of nitrogens with zero attached hydrogens (tertiary/aromatic N) is 7. The van der Waals surface area contributed by atoms with E-state index in [-0.39, 0.29) is 11.4 Å². The Labute approximate surface area is 203 Å². The van der Waals surface area contributed by atoms with Crippen LogP contribution < -0.4 is 5.32 Å². The summed E-state index contributed by atoms with van der Waals surface area (Å²) < 4.78 is 5.41. The number of fused-ring (bicyclic) bond motifs is 1. The molecule has 0 fully saturated rings. The van der Waals surface area contributed by atoms with E-state index in [1.54, 1.807) is 21.8 Å². The van der Waals surface area contributed by atoms with Gasteiger partial charge in [-0.2, -0.15) is 15.3 Å². The molecule has 0 saturated carbocycles. The van der Waals surface area contributed by atoms with Gasteiger partial charge in [0, 0.05) is 48.9 Å². The predicted octanol–water partition coefficient (Wildman–Crippen LogP) is 3.99. The van der Waals surface area contributed by atoms with Gasteiger partial charge < -0.3 is 5.32 Å². The molecule has 9 heteroatoms. The lowest BCUT2D eigenvalue weighted by Crippen LogP contribution is -2.26. The van der Waals surface area contributed by atoms with E-state index in [9.17, 15) is 4.79 Å². The Kier molecular flexibility index (Phi) is 5.47. The van der Waals surface area contributed by atoms with Gasteiger partial charge in [0.25, 0.3) is 5.91 Å². The zero-order chi connectivity index (χ0) is 24.7. The fourth-order valence-electron chi connectivity index (χ4n) is 4.01. The average Bonchev–Trinajstić information content (AvgIpc) is 3.56. The lowest BCUT2D eigenvalue weighted by molar-refractivity contribution is 0.0944.